The van der Waals surface area contributed by atoms with Crippen LogP contribution in [0.1, 0.15) is 17.7 Å². The minimum atomic E-state index is -0.522. The molecule has 1 unspecified atom stereocenters. The third kappa shape index (κ3) is 6.35. The number of rotatable bonds is 8. The Morgan fingerprint density at radius 2 is 2.39 bits per heavy atom. The van der Waals surface area contributed by atoms with Crippen LogP contribution in [-0.4, -0.2) is 37.4 Å². The molecule has 0 fully saturated rings. The monoisotopic (exact) mass is 291 g/mol. The zero-order chi connectivity index (χ0) is 13.4. The highest BCUT2D eigenvalue weighted by Crippen LogP contribution is 2.22. The minimum absolute atomic E-state index is 0.0101. The van der Waals surface area contributed by atoms with Crippen molar-refractivity contribution in [2.24, 2.45) is 0 Å². The molecule has 18 heavy (non-hydrogen) atoms. The number of ether oxygens (including phenoxy) is 1. The first-order chi connectivity index (χ1) is 8.61. The summed E-state index contributed by atoms with van der Waals surface area (Å²) >= 11 is 7.30. The SMILES string of the molecule is COCC(O)CCNC(=O)CCc1ccc(Cl)s1. The lowest BCUT2D eigenvalue weighted by Crippen LogP contribution is -2.28. The fraction of sp³-hybridized carbons (Fsp3) is 0.583. The highest BCUT2D eigenvalue weighted by Gasteiger charge is 2.06. The van der Waals surface area contributed by atoms with Crippen molar-refractivity contribution < 1.29 is 14.6 Å². The van der Waals surface area contributed by atoms with Crippen LogP contribution in [0.2, 0.25) is 4.34 Å². The average Bonchev–Trinajstić information content (AvgIpc) is 2.73. The van der Waals surface area contributed by atoms with Crippen molar-refractivity contribution in [1.29, 1.82) is 0 Å². The van der Waals surface area contributed by atoms with Crippen molar-refractivity contribution in [1.82, 2.24) is 5.32 Å². The Morgan fingerprint density at radius 3 is 3.00 bits per heavy atom. The van der Waals surface area contributed by atoms with E-state index in [1.807, 2.05) is 12.1 Å². The number of nitrogens with one attached hydrogen (secondary N) is 1. The second kappa shape index (κ2) is 8.48. The van der Waals surface area contributed by atoms with Gasteiger partial charge in [0.15, 0.2) is 0 Å². The molecular formula is C12H18ClNO3S. The smallest absolute Gasteiger partial charge is 0.220 e. The Labute approximate surface area is 116 Å². The van der Waals surface area contributed by atoms with Crippen molar-refractivity contribution >= 4 is 28.8 Å². The first-order valence-corrected chi connectivity index (χ1v) is 6.99. The zero-order valence-electron chi connectivity index (χ0n) is 10.3. The number of carbonyl (C=O) groups is 1. The van der Waals surface area contributed by atoms with Crippen molar-refractivity contribution in [2.45, 2.75) is 25.4 Å². The first-order valence-electron chi connectivity index (χ1n) is 5.79. The number of hydrogen-bond donors (Lipinski definition) is 2. The summed E-state index contributed by atoms with van der Waals surface area (Å²) in [6.07, 6.45) is 1.12. The van der Waals surface area contributed by atoms with Gasteiger partial charge in [-0.05, 0) is 25.0 Å². The van der Waals surface area contributed by atoms with E-state index >= 15 is 0 Å². The second-order valence-corrected chi connectivity index (χ2v) is 5.75. The van der Waals surface area contributed by atoms with Gasteiger partial charge in [0.1, 0.15) is 0 Å². The molecule has 0 radical (unpaired) electrons. The van der Waals surface area contributed by atoms with Crippen LogP contribution in [0.5, 0.6) is 0 Å². The maximum atomic E-state index is 11.5. The van der Waals surface area contributed by atoms with Crippen LogP contribution < -0.4 is 5.32 Å². The van der Waals surface area contributed by atoms with E-state index in [2.05, 4.69) is 5.32 Å². The molecule has 1 atom stereocenters. The Bertz CT molecular complexity index is 370. The van der Waals surface area contributed by atoms with Gasteiger partial charge in [0.25, 0.3) is 0 Å². The summed E-state index contributed by atoms with van der Waals surface area (Å²) < 4.78 is 5.54. The van der Waals surface area contributed by atoms with Crippen LogP contribution in [-0.2, 0) is 16.0 Å². The molecular weight excluding hydrogens is 274 g/mol. The quantitative estimate of drug-likeness (QED) is 0.768. The van der Waals surface area contributed by atoms with Gasteiger partial charge < -0.3 is 15.2 Å². The molecule has 1 aromatic rings. The third-order valence-corrected chi connectivity index (χ3v) is 3.68. The van der Waals surface area contributed by atoms with E-state index in [0.29, 0.717) is 32.4 Å². The van der Waals surface area contributed by atoms with Crippen LogP contribution in [0.15, 0.2) is 12.1 Å². The number of aryl methyl sites for hydroxylation is 1. The van der Waals surface area contributed by atoms with Crippen LogP contribution in [0.4, 0.5) is 0 Å². The van der Waals surface area contributed by atoms with Crippen LogP contribution in [0, 0.1) is 0 Å². The van der Waals surface area contributed by atoms with Gasteiger partial charge in [0.2, 0.25) is 5.91 Å². The fourth-order valence-corrected chi connectivity index (χ4v) is 2.55. The Kier molecular flexibility index (Phi) is 7.27. The van der Waals surface area contributed by atoms with E-state index in [0.717, 1.165) is 9.21 Å². The predicted molar refractivity (Wildman–Crippen MR) is 73.2 cm³/mol. The molecule has 0 bridgehead atoms. The number of carbonyl (C=O) groups excluding carboxylic acids is 1. The molecule has 1 heterocycles. The van der Waals surface area contributed by atoms with E-state index in [-0.39, 0.29) is 5.91 Å². The summed E-state index contributed by atoms with van der Waals surface area (Å²) in [5, 5.41) is 12.1. The summed E-state index contributed by atoms with van der Waals surface area (Å²) in [6.45, 7) is 0.762. The number of aliphatic hydroxyl groups is 1. The average molecular weight is 292 g/mol. The summed E-state index contributed by atoms with van der Waals surface area (Å²) in [6, 6.07) is 3.77. The van der Waals surface area contributed by atoms with Gasteiger partial charge in [-0.1, -0.05) is 11.6 Å². The number of amides is 1. The second-order valence-electron chi connectivity index (χ2n) is 3.95. The summed E-state index contributed by atoms with van der Waals surface area (Å²) in [5.41, 5.74) is 0. The van der Waals surface area contributed by atoms with E-state index in [4.69, 9.17) is 16.3 Å². The predicted octanol–water partition coefficient (Wildman–Crippen LogP) is 1.85. The van der Waals surface area contributed by atoms with Gasteiger partial charge in [0.05, 0.1) is 17.0 Å². The molecule has 6 heteroatoms. The normalized spacial score (nSPS) is 12.4. The van der Waals surface area contributed by atoms with Crippen molar-refractivity contribution in [2.75, 3.05) is 20.3 Å². The molecule has 102 valence electrons. The molecule has 0 aromatic carbocycles. The summed E-state index contributed by atoms with van der Waals surface area (Å²) in [7, 11) is 1.54. The van der Waals surface area contributed by atoms with Crippen molar-refractivity contribution in [3.63, 3.8) is 0 Å². The zero-order valence-corrected chi connectivity index (χ0v) is 11.9. The number of halogens is 1. The number of hydrogen-bond acceptors (Lipinski definition) is 4. The molecule has 1 amide bonds. The lowest BCUT2D eigenvalue weighted by molar-refractivity contribution is -0.121. The summed E-state index contributed by atoms with van der Waals surface area (Å²) in [5.74, 6) is -0.0101. The van der Waals surface area contributed by atoms with Crippen LogP contribution in [0.3, 0.4) is 0 Å². The maximum Gasteiger partial charge on any atom is 0.220 e. The Morgan fingerprint density at radius 1 is 1.61 bits per heavy atom. The standard InChI is InChI=1S/C12H18ClNO3S/c1-17-8-9(15)6-7-14-12(16)5-3-10-2-4-11(13)18-10/h2,4,9,15H,3,5-8H2,1H3,(H,14,16). The van der Waals surface area contributed by atoms with Crippen LogP contribution in [0.25, 0.3) is 0 Å². The molecule has 0 aliphatic carbocycles. The largest absolute Gasteiger partial charge is 0.391 e. The van der Waals surface area contributed by atoms with Gasteiger partial charge >= 0.3 is 0 Å². The number of aliphatic hydroxyl groups excluding tert-OH is 1. The molecule has 0 saturated heterocycles. The van der Waals surface area contributed by atoms with Crippen molar-refractivity contribution in [3.8, 4) is 0 Å². The number of methoxy groups -OCH3 is 1. The molecule has 0 saturated carbocycles. The lowest BCUT2D eigenvalue weighted by atomic mass is 10.2. The topological polar surface area (TPSA) is 58.6 Å². The minimum Gasteiger partial charge on any atom is -0.391 e. The van der Waals surface area contributed by atoms with Gasteiger partial charge in [-0.15, -0.1) is 11.3 Å². The first kappa shape index (κ1) is 15.4. The molecule has 4 nitrogen and oxygen atoms in total. The fourth-order valence-electron chi connectivity index (χ4n) is 1.47. The lowest BCUT2D eigenvalue weighted by Gasteiger charge is -2.09. The van der Waals surface area contributed by atoms with E-state index in [1.165, 1.54) is 18.4 Å². The van der Waals surface area contributed by atoms with E-state index < -0.39 is 6.10 Å². The number of thiophene rings is 1. The summed E-state index contributed by atoms with van der Waals surface area (Å²) in [4.78, 5) is 12.6. The molecule has 0 aliphatic rings. The van der Waals surface area contributed by atoms with E-state index in [9.17, 15) is 9.90 Å². The highest BCUT2D eigenvalue weighted by atomic mass is 35.5. The van der Waals surface area contributed by atoms with Crippen molar-refractivity contribution in [3.05, 3.63) is 21.3 Å². The molecule has 1 aromatic heterocycles. The van der Waals surface area contributed by atoms with Gasteiger partial charge in [-0.25, -0.2) is 0 Å². The molecule has 0 spiro atoms. The van der Waals surface area contributed by atoms with Gasteiger partial charge in [-0.2, -0.15) is 0 Å². The maximum absolute atomic E-state index is 11.5. The molecule has 2 N–H and O–H groups in total. The highest BCUT2D eigenvalue weighted by molar-refractivity contribution is 7.16. The Balaban J connectivity index is 2.10. The van der Waals surface area contributed by atoms with Crippen LogP contribution >= 0.6 is 22.9 Å². The van der Waals surface area contributed by atoms with E-state index in [1.54, 1.807) is 0 Å². The molecule has 1 rings (SSSR count). The van der Waals surface area contributed by atoms with Gasteiger partial charge in [0, 0.05) is 25.0 Å². The Hall–Kier alpha value is -0.620. The third-order valence-electron chi connectivity index (χ3n) is 2.39. The van der Waals surface area contributed by atoms with Gasteiger partial charge in [-0.3, -0.25) is 4.79 Å². The molecule has 0 aliphatic heterocycles.